The Morgan fingerprint density at radius 1 is 1.14 bits per heavy atom. The number of aliphatic hydroxyl groups excluding tert-OH is 1. The summed E-state index contributed by atoms with van der Waals surface area (Å²) in [5.41, 5.74) is 7.11. The minimum atomic E-state index is -0.0912. The Hall–Kier alpha value is -0.780. The first kappa shape index (κ1) is 14.8. The van der Waals surface area contributed by atoms with Crippen LogP contribution in [0.1, 0.15) is 65.2 Å². The van der Waals surface area contributed by atoms with Crippen LogP contribution < -0.4 is 0 Å². The van der Waals surface area contributed by atoms with Crippen LogP contribution in [0, 0.1) is 28.6 Å². The lowest BCUT2D eigenvalue weighted by atomic mass is 9.48. The summed E-state index contributed by atoms with van der Waals surface area (Å²) in [4.78, 5) is 0. The van der Waals surface area contributed by atoms with Crippen molar-refractivity contribution in [2.45, 2.75) is 71.3 Å². The molecule has 0 aromatic heterocycles. The minimum absolute atomic E-state index is 0.0912. The number of aliphatic hydroxyl groups is 1. The summed E-state index contributed by atoms with van der Waals surface area (Å²) in [6.45, 7) is 8.96. The molecule has 0 spiro atoms. The quantitative estimate of drug-likeness (QED) is 0.491. The lowest BCUT2D eigenvalue weighted by Crippen LogP contribution is -2.49. The summed E-state index contributed by atoms with van der Waals surface area (Å²) in [5.74, 6) is 2.51. The van der Waals surface area contributed by atoms with Crippen LogP contribution in [0.15, 0.2) is 29.5 Å². The fourth-order valence-corrected chi connectivity index (χ4v) is 6.74. The largest absolute Gasteiger partial charge is 0.393 e. The van der Waals surface area contributed by atoms with Crippen molar-refractivity contribution in [1.29, 1.82) is 0 Å². The van der Waals surface area contributed by atoms with E-state index < -0.39 is 0 Å². The van der Waals surface area contributed by atoms with Gasteiger partial charge in [-0.25, -0.2) is 0 Å². The SMILES string of the molecule is C=C=C1CC[C@H]2[C@@H]3CC=C4C[C@@H](O)CC[C@]4(C)[C@H]3CC[C@]12C. The van der Waals surface area contributed by atoms with Gasteiger partial charge in [-0.1, -0.05) is 32.1 Å². The molecule has 4 aliphatic carbocycles. The number of hydrogen-bond donors (Lipinski definition) is 1. The molecule has 0 amide bonds. The van der Waals surface area contributed by atoms with Crippen LogP contribution in [0.2, 0.25) is 0 Å². The Balaban J connectivity index is 1.70. The maximum atomic E-state index is 10.1. The summed E-state index contributed by atoms with van der Waals surface area (Å²) in [7, 11) is 0. The molecule has 0 radical (unpaired) electrons. The molecular weight excluding hydrogens is 268 g/mol. The molecule has 1 heteroatoms. The normalized spacial score (nSPS) is 50.5. The summed E-state index contributed by atoms with van der Waals surface area (Å²) >= 11 is 0. The van der Waals surface area contributed by atoms with E-state index in [2.05, 4.69) is 32.2 Å². The van der Waals surface area contributed by atoms with E-state index in [1.165, 1.54) is 44.1 Å². The fraction of sp³-hybridized carbons (Fsp3) is 0.762. The monoisotopic (exact) mass is 298 g/mol. The van der Waals surface area contributed by atoms with Gasteiger partial charge >= 0.3 is 0 Å². The van der Waals surface area contributed by atoms with Crippen LogP contribution in [-0.4, -0.2) is 11.2 Å². The molecule has 1 nitrogen and oxygen atoms in total. The lowest BCUT2D eigenvalue weighted by Gasteiger charge is -2.57. The van der Waals surface area contributed by atoms with Crippen LogP contribution in [0.3, 0.4) is 0 Å². The molecule has 0 aromatic rings. The molecule has 0 bridgehead atoms. The third-order valence-corrected chi connectivity index (χ3v) is 8.08. The van der Waals surface area contributed by atoms with Gasteiger partial charge in [-0.05, 0) is 85.5 Å². The fourth-order valence-electron chi connectivity index (χ4n) is 6.74. The number of rotatable bonds is 0. The zero-order valence-electron chi connectivity index (χ0n) is 14.2. The van der Waals surface area contributed by atoms with Gasteiger partial charge < -0.3 is 5.11 Å². The second-order valence-corrected chi connectivity index (χ2v) is 8.81. The highest BCUT2D eigenvalue weighted by Crippen LogP contribution is 2.65. The first-order chi connectivity index (χ1) is 10.5. The standard InChI is InChI=1S/C21H30O/c1-4-14-6-8-18-17-7-5-15-13-16(22)9-11-21(15,3)19(17)10-12-20(14,18)2/h5,16-19,22H,1,6-13H2,2-3H3/t16-,17-,18-,19-,20+,21-/m0/s1. The second kappa shape index (κ2) is 4.86. The molecule has 120 valence electrons. The molecule has 4 aliphatic rings. The molecule has 6 atom stereocenters. The summed E-state index contributed by atoms with van der Waals surface area (Å²) in [6.07, 6.45) is 12.0. The van der Waals surface area contributed by atoms with Crippen LogP contribution in [0.25, 0.3) is 0 Å². The average molecular weight is 298 g/mol. The molecule has 0 saturated heterocycles. The van der Waals surface area contributed by atoms with Gasteiger partial charge in [0.15, 0.2) is 0 Å². The molecule has 0 heterocycles. The van der Waals surface area contributed by atoms with Gasteiger partial charge in [-0.3, -0.25) is 0 Å². The molecule has 4 rings (SSSR count). The Morgan fingerprint density at radius 2 is 1.86 bits per heavy atom. The third-order valence-electron chi connectivity index (χ3n) is 8.08. The highest BCUT2D eigenvalue weighted by atomic mass is 16.3. The average Bonchev–Trinajstić information content (AvgIpc) is 2.84. The molecule has 0 aromatic carbocycles. The van der Waals surface area contributed by atoms with Gasteiger partial charge in [0.25, 0.3) is 0 Å². The van der Waals surface area contributed by atoms with Gasteiger partial charge in [0.05, 0.1) is 6.10 Å². The molecule has 3 fully saturated rings. The van der Waals surface area contributed by atoms with E-state index in [1.807, 2.05) is 0 Å². The summed E-state index contributed by atoms with van der Waals surface area (Å²) in [6, 6.07) is 0. The lowest BCUT2D eigenvalue weighted by molar-refractivity contribution is -0.0267. The van der Waals surface area contributed by atoms with E-state index in [-0.39, 0.29) is 6.10 Å². The maximum Gasteiger partial charge on any atom is 0.0577 e. The molecular formula is C21H30O. The molecule has 0 aliphatic heterocycles. The predicted octanol–water partition coefficient (Wildman–Crippen LogP) is 5.02. The number of allylic oxidation sites excluding steroid dienone is 2. The van der Waals surface area contributed by atoms with Crippen molar-refractivity contribution in [2.75, 3.05) is 0 Å². The first-order valence-electron chi connectivity index (χ1n) is 9.26. The summed E-state index contributed by atoms with van der Waals surface area (Å²) in [5, 5.41) is 10.1. The number of hydrogen-bond acceptors (Lipinski definition) is 1. The molecule has 1 N–H and O–H groups in total. The Bertz CT molecular complexity index is 566. The second-order valence-electron chi connectivity index (χ2n) is 8.81. The molecule has 22 heavy (non-hydrogen) atoms. The van der Waals surface area contributed by atoms with Gasteiger partial charge in [0.1, 0.15) is 0 Å². The van der Waals surface area contributed by atoms with Crippen molar-refractivity contribution in [3.63, 3.8) is 0 Å². The zero-order chi connectivity index (χ0) is 15.5. The van der Waals surface area contributed by atoms with Gasteiger partial charge in [-0.2, -0.15) is 0 Å². The van der Waals surface area contributed by atoms with Gasteiger partial charge in [-0.15, -0.1) is 5.73 Å². The van der Waals surface area contributed by atoms with E-state index in [4.69, 9.17) is 0 Å². The predicted molar refractivity (Wildman–Crippen MR) is 90.4 cm³/mol. The highest BCUT2D eigenvalue weighted by Gasteiger charge is 2.57. The van der Waals surface area contributed by atoms with Crippen molar-refractivity contribution in [2.24, 2.45) is 28.6 Å². The van der Waals surface area contributed by atoms with Crippen molar-refractivity contribution in [3.05, 3.63) is 29.5 Å². The van der Waals surface area contributed by atoms with E-state index in [9.17, 15) is 5.11 Å². The highest BCUT2D eigenvalue weighted by molar-refractivity contribution is 5.28. The van der Waals surface area contributed by atoms with E-state index in [0.717, 1.165) is 30.6 Å². The number of fused-ring (bicyclic) bond motifs is 5. The van der Waals surface area contributed by atoms with Crippen molar-refractivity contribution in [1.82, 2.24) is 0 Å². The smallest absolute Gasteiger partial charge is 0.0577 e. The van der Waals surface area contributed by atoms with Gasteiger partial charge in [0.2, 0.25) is 0 Å². The van der Waals surface area contributed by atoms with Crippen LogP contribution in [0.5, 0.6) is 0 Å². The first-order valence-corrected chi connectivity index (χ1v) is 9.26. The van der Waals surface area contributed by atoms with Gasteiger partial charge in [0, 0.05) is 0 Å². The molecule has 0 unspecified atom stereocenters. The molecule has 3 saturated carbocycles. The van der Waals surface area contributed by atoms with Crippen LogP contribution in [0.4, 0.5) is 0 Å². The Labute approximate surface area is 135 Å². The maximum absolute atomic E-state index is 10.1. The van der Waals surface area contributed by atoms with E-state index in [0.29, 0.717) is 10.8 Å². The third kappa shape index (κ3) is 1.82. The summed E-state index contributed by atoms with van der Waals surface area (Å²) < 4.78 is 0. The van der Waals surface area contributed by atoms with E-state index >= 15 is 0 Å². The van der Waals surface area contributed by atoms with Crippen molar-refractivity contribution >= 4 is 0 Å². The van der Waals surface area contributed by atoms with Crippen LogP contribution in [-0.2, 0) is 0 Å². The van der Waals surface area contributed by atoms with Crippen molar-refractivity contribution < 1.29 is 5.11 Å². The van der Waals surface area contributed by atoms with E-state index in [1.54, 1.807) is 5.57 Å². The topological polar surface area (TPSA) is 20.2 Å². The Kier molecular flexibility index (Phi) is 3.26. The Morgan fingerprint density at radius 3 is 2.64 bits per heavy atom. The zero-order valence-corrected chi connectivity index (χ0v) is 14.2. The van der Waals surface area contributed by atoms with Crippen LogP contribution >= 0.6 is 0 Å². The van der Waals surface area contributed by atoms with Crippen molar-refractivity contribution in [3.8, 4) is 0 Å². The minimum Gasteiger partial charge on any atom is -0.393 e.